The van der Waals surface area contributed by atoms with Gasteiger partial charge in [-0.1, -0.05) is 43.6 Å². The quantitative estimate of drug-likeness (QED) is 0.454. The second kappa shape index (κ2) is 11.1. The maximum absolute atomic E-state index is 13.2. The maximum Gasteiger partial charge on any atom is 0.270 e. The summed E-state index contributed by atoms with van der Waals surface area (Å²) in [5.41, 5.74) is 0.567. The number of nitro groups is 1. The predicted octanol–water partition coefficient (Wildman–Crippen LogP) is 3.88. The Bertz CT molecular complexity index is 1070. The fraction of sp³-hybridized carbons (Fsp3) is 0.375. The third-order valence-corrected chi connectivity index (χ3v) is 6.16. The van der Waals surface area contributed by atoms with Gasteiger partial charge in [0.25, 0.3) is 11.6 Å². The van der Waals surface area contributed by atoms with Crippen LogP contribution in [0.15, 0.2) is 48.5 Å². The Morgan fingerprint density at radius 3 is 2.29 bits per heavy atom. The molecular weight excluding hydrogens is 460 g/mol. The lowest BCUT2D eigenvalue weighted by Crippen LogP contribution is -2.53. The van der Waals surface area contributed by atoms with Gasteiger partial charge < -0.3 is 15.5 Å². The zero-order valence-corrected chi connectivity index (χ0v) is 19.7. The Kier molecular flexibility index (Phi) is 8.22. The molecule has 2 N–H and O–H groups in total. The van der Waals surface area contributed by atoms with Crippen molar-refractivity contribution in [3.8, 4) is 0 Å². The van der Waals surface area contributed by atoms with E-state index in [1.807, 2.05) is 44.2 Å². The molecule has 1 fully saturated rings. The molecule has 0 saturated carbocycles. The molecule has 180 valence electrons. The highest BCUT2D eigenvalue weighted by Gasteiger charge is 2.33. The van der Waals surface area contributed by atoms with Crippen molar-refractivity contribution in [1.82, 2.24) is 10.2 Å². The molecule has 0 aromatic heterocycles. The molecule has 0 spiro atoms. The first kappa shape index (κ1) is 25.2. The van der Waals surface area contributed by atoms with Gasteiger partial charge in [0.2, 0.25) is 11.8 Å². The normalized spacial score (nSPS) is 15.0. The van der Waals surface area contributed by atoms with Gasteiger partial charge >= 0.3 is 0 Å². The van der Waals surface area contributed by atoms with Crippen molar-refractivity contribution in [2.75, 3.05) is 18.4 Å². The van der Waals surface area contributed by atoms with Crippen LogP contribution in [0.25, 0.3) is 0 Å². The lowest BCUT2D eigenvalue weighted by molar-refractivity contribution is -0.384. The maximum atomic E-state index is 13.2. The number of halogens is 1. The number of carbonyl (C=O) groups is 3. The number of rotatable bonds is 7. The molecule has 10 heteroatoms. The van der Waals surface area contributed by atoms with E-state index in [1.54, 1.807) is 4.90 Å². The van der Waals surface area contributed by atoms with Crippen LogP contribution < -0.4 is 10.6 Å². The number of nitro benzene ring substituents is 1. The number of carbonyl (C=O) groups excluding carboxylic acids is 3. The van der Waals surface area contributed by atoms with Crippen LogP contribution in [0.4, 0.5) is 11.4 Å². The minimum Gasteiger partial charge on any atom is -0.341 e. The summed E-state index contributed by atoms with van der Waals surface area (Å²) >= 11 is 6.06. The Morgan fingerprint density at radius 1 is 1.09 bits per heavy atom. The van der Waals surface area contributed by atoms with E-state index in [0.717, 1.165) is 11.8 Å². The van der Waals surface area contributed by atoms with E-state index in [-0.39, 0.29) is 39.9 Å². The van der Waals surface area contributed by atoms with Crippen molar-refractivity contribution in [3.63, 3.8) is 0 Å². The molecule has 1 aliphatic rings. The Hall–Kier alpha value is -3.46. The van der Waals surface area contributed by atoms with Crippen molar-refractivity contribution < 1.29 is 19.3 Å². The molecule has 3 amide bonds. The Labute approximate surface area is 202 Å². The highest BCUT2D eigenvalue weighted by molar-refractivity contribution is 6.34. The molecule has 3 rings (SSSR count). The number of hydrogen-bond donors (Lipinski definition) is 2. The largest absolute Gasteiger partial charge is 0.341 e. The van der Waals surface area contributed by atoms with Crippen LogP contribution in [-0.2, 0) is 9.59 Å². The fourth-order valence-corrected chi connectivity index (χ4v) is 4.12. The summed E-state index contributed by atoms with van der Waals surface area (Å²) in [5, 5.41) is 16.5. The topological polar surface area (TPSA) is 122 Å². The molecule has 0 radical (unpaired) electrons. The second-order valence-corrected chi connectivity index (χ2v) is 8.98. The number of anilines is 1. The lowest BCUT2D eigenvalue weighted by atomic mass is 9.94. The molecule has 1 heterocycles. The average molecular weight is 487 g/mol. The molecule has 1 aliphatic heterocycles. The first-order valence-corrected chi connectivity index (χ1v) is 11.4. The first-order valence-electron chi connectivity index (χ1n) is 11.1. The summed E-state index contributed by atoms with van der Waals surface area (Å²) in [6.07, 6.45) is 1.05. The van der Waals surface area contributed by atoms with E-state index in [1.165, 1.54) is 12.1 Å². The third-order valence-electron chi connectivity index (χ3n) is 5.85. The van der Waals surface area contributed by atoms with Crippen LogP contribution in [0.2, 0.25) is 5.02 Å². The number of nitrogens with one attached hydrogen (secondary N) is 2. The van der Waals surface area contributed by atoms with Crippen LogP contribution in [0.3, 0.4) is 0 Å². The van der Waals surface area contributed by atoms with Crippen LogP contribution in [-0.4, -0.2) is 46.7 Å². The number of hydrogen-bond acceptors (Lipinski definition) is 5. The SMILES string of the molecule is CC(C)C(NC(=O)c1ccc([N+](=O)[O-])cc1Cl)C(=O)N1CCC(C(=O)Nc2ccccc2)CC1. The molecule has 2 aromatic carbocycles. The van der Waals surface area contributed by atoms with Gasteiger partial charge in [-0.25, -0.2) is 0 Å². The van der Waals surface area contributed by atoms with Gasteiger partial charge in [-0.15, -0.1) is 0 Å². The minimum atomic E-state index is -0.798. The van der Waals surface area contributed by atoms with Crippen molar-refractivity contribution in [2.45, 2.75) is 32.7 Å². The lowest BCUT2D eigenvalue weighted by Gasteiger charge is -2.35. The van der Waals surface area contributed by atoms with Gasteiger partial charge in [0.05, 0.1) is 15.5 Å². The van der Waals surface area contributed by atoms with Crippen molar-refractivity contribution in [2.24, 2.45) is 11.8 Å². The molecule has 9 nitrogen and oxygen atoms in total. The van der Waals surface area contributed by atoms with Gasteiger partial charge in [-0.3, -0.25) is 24.5 Å². The average Bonchev–Trinajstić information content (AvgIpc) is 2.82. The van der Waals surface area contributed by atoms with Crippen LogP contribution in [0.5, 0.6) is 0 Å². The van der Waals surface area contributed by atoms with E-state index >= 15 is 0 Å². The summed E-state index contributed by atoms with van der Waals surface area (Å²) in [5.74, 6) is -1.28. The van der Waals surface area contributed by atoms with Gasteiger partial charge in [-0.05, 0) is 37.0 Å². The third kappa shape index (κ3) is 6.11. The summed E-state index contributed by atoms with van der Waals surface area (Å²) in [6.45, 7) is 4.45. The number of nitrogens with zero attached hydrogens (tertiary/aromatic N) is 2. The molecule has 0 aliphatic carbocycles. The number of amides is 3. The van der Waals surface area contributed by atoms with E-state index in [0.29, 0.717) is 25.9 Å². The van der Waals surface area contributed by atoms with Crippen molar-refractivity contribution in [1.29, 1.82) is 0 Å². The van der Waals surface area contributed by atoms with E-state index in [4.69, 9.17) is 11.6 Å². The molecule has 1 saturated heterocycles. The molecule has 34 heavy (non-hydrogen) atoms. The summed E-state index contributed by atoms with van der Waals surface area (Å²) in [7, 11) is 0. The number of benzene rings is 2. The Balaban J connectivity index is 1.60. The van der Waals surface area contributed by atoms with Gasteiger partial charge in [0.1, 0.15) is 6.04 Å². The van der Waals surface area contributed by atoms with Crippen LogP contribution >= 0.6 is 11.6 Å². The highest BCUT2D eigenvalue weighted by atomic mass is 35.5. The molecular formula is C24H27ClN4O5. The fourth-order valence-electron chi connectivity index (χ4n) is 3.86. The highest BCUT2D eigenvalue weighted by Crippen LogP contribution is 2.24. The van der Waals surface area contributed by atoms with Crippen LogP contribution in [0.1, 0.15) is 37.0 Å². The van der Waals surface area contributed by atoms with Crippen molar-refractivity contribution in [3.05, 3.63) is 69.2 Å². The monoisotopic (exact) mass is 486 g/mol. The van der Waals surface area contributed by atoms with E-state index in [9.17, 15) is 24.5 Å². The number of likely N-dealkylation sites (tertiary alicyclic amines) is 1. The van der Waals surface area contributed by atoms with Gasteiger partial charge in [0.15, 0.2) is 0 Å². The molecule has 1 unspecified atom stereocenters. The predicted molar refractivity (Wildman–Crippen MR) is 129 cm³/mol. The second-order valence-electron chi connectivity index (χ2n) is 8.57. The smallest absolute Gasteiger partial charge is 0.270 e. The summed E-state index contributed by atoms with van der Waals surface area (Å²) in [4.78, 5) is 50.5. The van der Waals surface area contributed by atoms with E-state index < -0.39 is 16.9 Å². The van der Waals surface area contributed by atoms with Gasteiger partial charge in [0, 0.05) is 36.8 Å². The summed E-state index contributed by atoms with van der Waals surface area (Å²) < 4.78 is 0. The van der Waals surface area contributed by atoms with E-state index in [2.05, 4.69) is 10.6 Å². The first-order chi connectivity index (χ1) is 16.2. The molecule has 1 atom stereocenters. The number of para-hydroxylation sites is 1. The van der Waals surface area contributed by atoms with Gasteiger partial charge in [-0.2, -0.15) is 0 Å². The molecule has 2 aromatic rings. The Morgan fingerprint density at radius 2 is 1.74 bits per heavy atom. The molecule has 0 bridgehead atoms. The van der Waals surface area contributed by atoms with Crippen molar-refractivity contribution >= 4 is 40.7 Å². The zero-order valence-electron chi connectivity index (χ0n) is 19.0. The summed E-state index contributed by atoms with van der Waals surface area (Å²) in [6, 6.07) is 12.0. The number of piperidine rings is 1. The van der Waals surface area contributed by atoms with Crippen LogP contribution in [0, 0.1) is 22.0 Å². The zero-order chi connectivity index (χ0) is 24.8. The standard InChI is InChI=1S/C24H27ClN4O5/c1-15(2)21(27-23(31)19-9-8-18(29(33)34)14-20(19)25)24(32)28-12-10-16(11-13-28)22(30)26-17-6-4-3-5-7-17/h3-9,14-16,21H,10-13H2,1-2H3,(H,26,30)(H,27,31). The number of non-ortho nitro benzene ring substituents is 1. The minimum absolute atomic E-state index is 0.0574.